The van der Waals surface area contributed by atoms with E-state index in [-0.39, 0.29) is 5.91 Å². The number of amides is 1. The lowest BCUT2D eigenvalue weighted by atomic mass is 9.86. The van der Waals surface area contributed by atoms with Crippen molar-refractivity contribution < 1.29 is 4.79 Å². The van der Waals surface area contributed by atoms with E-state index in [1.165, 1.54) is 25.7 Å². The van der Waals surface area contributed by atoms with Crippen LogP contribution in [0.1, 0.15) is 46.5 Å². The molecule has 0 heterocycles. The zero-order chi connectivity index (χ0) is 12.0. The lowest BCUT2D eigenvalue weighted by molar-refractivity contribution is -0.120. The highest BCUT2D eigenvalue weighted by Crippen LogP contribution is 2.23. The second-order valence-corrected chi connectivity index (χ2v) is 5.45. The van der Waals surface area contributed by atoms with Crippen molar-refractivity contribution in [2.24, 2.45) is 11.8 Å². The Labute approximate surface area is 99.4 Å². The van der Waals surface area contributed by atoms with Crippen molar-refractivity contribution in [1.29, 1.82) is 0 Å². The van der Waals surface area contributed by atoms with Crippen LogP contribution in [0.15, 0.2) is 0 Å². The highest BCUT2D eigenvalue weighted by Gasteiger charge is 2.21. The van der Waals surface area contributed by atoms with Crippen LogP contribution >= 0.6 is 0 Å². The third-order valence-corrected chi connectivity index (χ3v) is 3.34. The second-order valence-electron chi connectivity index (χ2n) is 5.45. The molecule has 2 atom stereocenters. The molecule has 0 aliphatic heterocycles. The maximum Gasteiger partial charge on any atom is 0.233 e. The van der Waals surface area contributed by atoms with Crippen LogP contribution in [0.5, 0.6) is 0 Å². The van der Waals surface area contributed by atoms with Gasteiger partial charge in [-0.1, -0.05) is 33.6 Å². The first-order chi connectivity index (χ1) is 7.59. The van der Waals surface area contributed by atoms with E-state index >= 15 is 0 Å². The standard InChI is InChI=1S/C13H26N2O/c1-10(2)8-15-13(16)9-14-12-7-5-4-6-11(12)3/h10-12,14H,4-9H2,1-3H3,(H,15,16). The number of nitrogens with one attached hydrogen (secondary N) is 2. The van der Waals surface area contributed by atoms with Crippen molar-refractivity contribution in [1.82, 2.24) is 10.6 Å². The highest BCUT2D eigenvalue weighted by atomic mass is 16.1. The van der Waals surface area contributed by atoms with Gasteiger partial charge in [0.1, 0.15) is 0 Å². The van der Waals surface area contributed by atoms with E-state index in [9.17, 15) is 4.79 Å². The van der Waals surface area contributed by atoms with Crippen molar-refractivity contribution in [2.45, 2.75) is 52.5 Å². The number of hydrogen-bond donors (Lipinski definition) is 2. The van der Waals surface area contributed by atoms with Gasteiger partial charge in [-0.3, -0.25) is 4.79 Å². The fraction of sp³-hybridized carbons (Fsp3) is 0.923. The van der Waals surface area contributed by atoms with Crippen LogP contribution in [0.25, 0.3) is 0 Å². The van der Waals surface area contributed by atoms with Gasteiger partial charge in [-0.05, 0) is 24.7 Å². The predicted octanol–water partition coefficient (Wildman–Crippen LogP) is 1.93. The minimum Gasteiger partial charge on any atom is -0.355 e. The van der Waals surface area contributed by atoms with Crippen molar-refractivity contribution in [3.8, 4) is 0 Å². The van der Waals surface area contributed by atoms with E-state index < -0.39 is 0 Å². The smallest absolute Gasteiger partial charge is 0.233 e. The molecule has 16 heavy (non-hydrogen) atoms. The van der Waals surface area contributed by atoms with Gasteiger partial charge in [-0.15, -0.1) is 0 Å². The van der Waals surface area contributed by atoms with Crippen LogP contribution in [0.4, 0.5) is 0 Å². The number of carbonyl (C=O) groups is 1. The first-order valence-corrected chi connectivity index (χ1v) is 6.59. The molecule has 1 aliphatic rings. The summed E-state index contributed by atoms with van der Waals surface area (Å²) < 4.78 is 0. The van der Waals surface area contributed by atoms with Crippen LogP contribution in [0.3, 0.4) is 0 Å². The van der Waals surface area contributed by atoms with E-state index in [2.05, 4.69) is 31.4 Å². The summed E-state index contributed by atoms with van der Waals surface area (Å²) in [7, 11) is 0. The molecule has 0 saturated heterocycles. The van der Waals surface area contributed by atoms with Gasteiger partial charge in [0.15, 0.2) is 0 Å². The summed E-state index contributed by atoms with van der Waals surface area (Å²) in [4.78, 5) is 11.5. The van der Waals surface area contributed by atoms with Gasteiger partial charge >= 0.3 is 0 Å². The quantitative estimate of drug-likeness (QED) is 0.752. The predicted molar refractivity (Wildman–Crippen MR) is 67.3 cm³/mol. The minimum atomic E-state index is 0.131. The van der Waals surface area contributed by atoms with Gasteiger partial charge in [0, 0.05) is 12.6 Å². The molecule has 2 unspecified atom stereocenters. The molecule has 94 valence electrons. The fourth-order valence-corrected chi connectivity index (χ4v) is 2.22. The van der Waals surface area contributed by atoms with E-state index in [4.69, 9.17) is 0 Å². The molecule has 0 spiro atoms. The third kappa shape index (κ3) is 4.97. The van der Waals surface area contributed by atoms with Crippen molar-refractivity contribution >= 4 is 5.91 Å². The Morgan fingerprint density at radius 3 is 2.62 bits per heavy atom. The van der Waals surface area contributed by atoms with E-state index in [0.717, 1.165) is 6.54 Å². The summed E-state index contributed by atoms with van der Waals surface area (Å²) in [6, 6.07) is 0.540. The summed E-state index contributed by atoms with van der Waals surface area (Å²) in [5.41, 5.74) is 0. The zero-order valence-electron chi connectivity index (χ0n) is 10.9. The minimum absolute atomic E-state index is 0.131. The Morgan fingerprint density at radius 1 is 1.31 bits per heavy atom. The van der Waals surface area contributed by atoms with Gasteiger partial charge in [0.05, 0.1) is 6.54 Å². The molecule has 2 N–H and O–H groups in total. The Kier molecular flexibility index (Phi) is 5.81. The number of rotatable bonds is 5. The molecular formula is C13H26N2O. The normalized spacial score (nSPS) is 25.8. The maximum absolute atomic E-state index is 11.5. The largest absolute Gasteiger partial charge is 0.355 e. The SMILES string of the molecule is CC(C)CNC(=O)CNC1CCCCC1C. The summed E-state index contributed by atoms with van der Waals surface area (Å²) >= 11 is 0. The van der Waals surface area contributed by atoms with Gasteiger partial charge in [-0.2, -0.15) is 0 Å². The van der Waals surface area contributed by atoms with E-state index in [1.807, 2.05) is 0 Å². The molecule has 1 rings (SSSR count). The van der Waals surface area contributed by atoms with Gasteiger partial charge in [-0.25, -0.2) is 0 Å². The molecule has 0 aromatic rings. The Morgan fingerprint density at radius 2 is 2.00 bits per heavy atom. The molecule has 0 bridgehead atoms. The first-order valence-electron chi connectivity index (χ1n) is 6.59. The maximum atomic E-state index is 11.5. The third-order valence-electron chi connectivity index (χ3n) is 3.34. The monoisotopic (exact) mass is 226 g/mol. The molecule has 0 aromatic heterocycles. The molecule has 1 amide bonds. The van der Waals surface area contributed by atoms with Gasteiger partial charge in [0.25, 0.3) is 0 Å². The fourth-order valence-electron chi connectivity index (χ4n) is 2.22. The summed E-state index contributed by atoms with van der Waals surface area (Å²) in [5, 5.41) is 6.32. The highest BCUT2D eigenvalue weighted by molar-refractivity contribution is 5.77. The van der Waals surface area contributed by atoms with Crippen LogP contribution in [0, 0.1) is 11.8 Å². The van der Waals surface area contributed by atoms with Crippen LogP contribution in [-0.4, -0.2) is 25.0 Å². The average molecular weight is 226 g/mol. The lowest BCUT2D eigenvalue weighted by Crippen LogP contribution is -2.43. The Balaban J connectivity index is 2.15. The van der Waals surface area contributed by atoms with E-state index in [1.54, 1.807) is 0 Å². The molecule has 1 fully saturated rings. The Hall–Kier alpha value is -0.570. The molecule has 0 aromatic carbocycles. The van der Waals surface area contributed by atoms with Gasteiger partial charge < -0.3 is 10.6 Å². The first kappa shape index (κ1) is 13.5. The van der Waals surface area contributed by atoms with Crippen LogP contribution < -0.4 is 10.6 Å². The van der Waals surface area contributed by atoms with Crippen molar-refractivity contribution in [3.05, 3.63) is 0 Å². The average Bonchev–Trinajstić information content (AvgIpc) is 2.25. The topological polar surface area (TPSA) is 41.1 Å². The molecule has 0 radical (unpaired) electrons. The Bertz CT molecular complexity index is 216. The zero-order valence-corrected chi connectivity index (χ0v) is 10.9. The molecular weight excluding hydrogens is 200 g/mol. The van der Waals surface area contributed by atoms with Crippen molar-refractivity contribution in [3.63, 3.8) is 0 Å². The van der Waals surface area contributed by atoms with Crippen molar-refractivity contribution in [2.75, 3.05) is 13.1 Å². The van der Waals surface area contributed by atoms with E-state index in [0.29, 0.717) is 24.4 Å². The molecule has 1 aliphatic carbocycles. The summed E-state index contributed by atoms with van der Waals surface area (Å²) in [6.07, 6.45) is 5.17. The molecule has 3 heteroatoms. The summed E-state index contributed by atoms with van der Waals surface area (Å²) in [6.45, 7) is 7.75. The molecule has 1 saturated carbocycles. The summed E-state index contributed by atoms with van der Waals surface area (Å²) in [5.74, 6) is 1.37. The van der Waals surface area contributed by atoms with Gasteiger partial charge in [0.2, 0.25) is 5.91 Å². The molecule has 3 nitrogen and oxygen atoms in total. The number of hydrogen-bond acceptors (Lipinski definition) is 2. The lowest BCUT2D eigenvalue weighted by Gasteiger charge is -2.29. The number of carbonyl (C=O) groups excluding carboxylic acids is 1. The second kappa shape index (κ2) is 6.89. The van der Waals surface area contributed by atoms with Crippen LogP contribution in [-0.2, 0) is 4.79 Å². The van der Waals surface area contributed by atoms with Crippen LogP contribution in [0.2, 0.25) is 0 Å².